The van der Waals surface area contributed by atoms with Crippen LogP contribution in [0, 0.1) is 0 Å². The highest BCUT2D eigenvalue weighted by molar-refractivity contribution is 6.29. The average molecular weight is 243 g/mol. The Morgan fingerprint density at radius 2 is 1.81 bits per heavy atom. The van der Waals surface area contributed by atoms with Crippen molar-refractivity contribution >= 4 is 17.5 Å². The Balaban J connectivity index is 2.85. The number of hydrogen-bond donors (Lipinski definition) is 1. The van der Waals surface area contributed by atoms with Gasteiger partial charge in [0.05, 0.1) is 5.69 Å². The third-order valence-electron chi connectivity index (χ3n) is 2.44. The Bertz CT molecular complexity index is 324. The maximum atomic E-state index is 5.84. The third kappa shape index (κ3) is 3.61. The number of halogens is 1. The lowest BCUT2D eigenvalue weighted by atomic mass is 10.2. The van der Waals surface area contributed by atoms with E-state index in [-0.39, 0.29) is 5.95 Å². The zero-order chi connectivity index (χ0) is 12.3. The number of nitrogens with two attached hydrogens (primary N) is 1. The van der Waals surface area contributed by atoms with Crippen LogP contribution >= 0.6 is 11.6 Å². The van der Waals surface area contributed by atoms with Crippen LogP contribution in [0.1, 0.15) is 33.4 Å². The summed E-state index contributed by atoms with van der Waals surface area (Å²) < 4.78 is 0. The predicted molar refractivity (Wildman–Crippen MR) is 67.3 cm³/mol. The van der Waals surface area contributed by atoms with Gasteiger partial charge in [-0.25, -0.2) is 9.97 Å². The average Bonchev–Trinajstić information content (AvgIpc) is 2.11. The van der Waals surface area contributed by atoms with E-state index >= 15 is 0 Å². The molecule has 0 bridgehead atoms. The second-order valence-electron chi connectivity index (χ2n) is 4.40. The van der Waals surface area contributed by atoms with Gasteiger partial charge in [-0.2, -0.15) is 0 Å². The second-order valence-corrected chi connectivity index (χ2v) is 4.79. The summed E-state index contributed by atoms with van der Waals surface area (Å²) in [5, 5.41) is 0.398. The van der Waals surface area contributed by atoms with Crippen molar-refractivity contribution in [2.45, 2.75) is 46.3 Å². The van der Waals surface area contributed by atoms with Crippen LogP contribution < -0.4 is 5.73 Å². The lowest BCUT2D eigenvalue weighted by Crippen LogP contribution is -2.36. The van der Waals surface area contributed by atoms with Crippen LogP contribution in [-0.2, 0) is 6.54 Å². The Kier molecular flexibility index (Phi) is 4.50. The van der Waals surface area contributed by atoms with Gasteiger partial charge in [0.15, 0.2) is 0 Å². The Morgan fingerprint density at radius 1 is 1.25 bits per heavy atom. The van der Waals surface area contributed by atoms with E-state index in [0.29, 0.717) is 17.2 Å². The summed E-state index contributed by atoms with van der Waals surface area (Å²) in [5.41, 5.74) is 6.42. The van der Waals surface area contributed by atoms with Crippen molar-refractivity contribution in [3.63, 3.8) is 0 Å². The van der Waals surface area contributed by atoms with Crippen LogP contribution in [0.4, 0.5) is 5.95 Å². The van der Waals surface area contributed by atoms with Crippen LogP contribution in [0.25, 0.3) is 0 Å². The predicted octanol–water partition coefficient (Wildman–Crippen LogP) is 2.33. The second kappa shape index (κ2) is 5.46. The molecule has 2 N–H and O–H groups in total. The molecule has 0 radical (unpaired) electrons. The number of aromatic nitrogens is 2. The summed E-state index contributed by atoms with van der Waals surface area (Å²) in [4.78, 5) is 10.3. The molecular weight excluding hydrogens is 224 g/mol. The third-order valence-corrected chi connectivity index (χ3v) is 2.63. The molecule has 0 amide bonds. The first-order chi connectivity index (χ1) is 7.40. The molecular formula is C11H19ClN4. The van der Waals surface area contributed by atoms with Gasteiger partial charge in [0.1, 0.15) is 5.15 Å². The van der Waals surface area contributed by atoms with E-state index in [1.54, 1.807) is 6.07 Å². The maximum absolute atomic E-state index is 5.84. The number of nitrogens with zero attached hydrogens (tertiary/aromatic N) is 3. The fourth-order valence-corrected chi connectivity index (χ4v) is 1.93. The van der Waals surface area contributed by atoms with E-state index in [0.717, 1.165) is 12.2 Å². The zero-order valence-corrected chi connectivity index (χ0v) is 11.0. The highest BCUT2D eigenvalue weighted by atomic mass is 35.5. The van der Waals surface area contributed by atoms with Crippen LogP contribution in [-0.4, -0.2) is 27.0 Å². The minimum absolute atomic E-state index is 0.231. The molecule has 0 aromatic carbocycles. The van der Waals surface area contributed by atoms with E-state index in [4.69, 9.17) is 17.3 Å². The van der Waals surface area contributed by atoms with Gasteiger partial charge >= 0.3 is 0 Å². The van der Waals surface area contributed by atoms with Gasteiger partial charge in [-0.15, -0.1) is 0 Å². The molecule has 0 spiro atoms. The van der Waals surface area contributed by atoms with E-state index in [1.807, 2.05) is 0 Å². The van der Waals surface area contributed by atoms with Crippen molar-refractivity contribution in [1.29, 1.82) is 0 Å². The molecule has 0 saturated heterocycles. The quantitative estimate of drug-likeness (QED) is 0.824. The number of anilines is 1. The summed E-state index contributed by atoms with van der Waals surface area (Å²) in [6.07, 6.45) is 0. The number of hydrogen-bond acceptors (Lipinski definition) is 4. The van der Waals surface area contributed by atoms with Crippen molar-refractivity contribution < 1.29 is 0 Å². The van der Waals surface area contributed by atoms with Gasteiger partial charge in [0.2, 0.25) is 5.95 Å². The molecule has 0 aliphatic rings. The Hall–Kier alpha value is -0.870. The van der Waals surface area contributed by atoms with E-state index in [9.17, 15) is 0 Å². The van der Waals surface area contributed by atoms with Gasteiger partial charge in [-0.3, -0.25) is 4.90 Å². The van der Waals surface area contributed by atoms with Crippen molar-refractivity contribution in [2.75, 3.05) is 5.73 Å². The highest BCUT2D eigenvalue weighted by Crippen LogP contribution is 2.14. The molecule has 16 heavy (non-hydrogen) atoms. The summed E-state index contributed by atoms with van der Waals surface area (Å²) in [6, 6.07) is 2.67. The number of nitrogen functional groups attached to an aromatic ring is 1. The maximum Gasteiger partial charge on any atom is 0.221 e. The molecule has 1 rings (SSSR count). The van der Waals surface area contributed by atoms with Crippen LogP contribution in [0.3, 0.4) is 0 Å². The van der Waals surface area contributed by atoms with Crippen molar-refractivity contribution in [2.24, 2.45) is 0 Å². The van der Waals surface area contributed by atoms with Crippen molar-refractivity contribution in [3.8, 4) is 0 Å². The molecule has 4 nitrogen and oxygen atoms in total. The molecule has 0 saturated carbocycles. The number of rotatable bonds is 4. The molecule has 5 heteroatoms. The highest BCUT2D eigenvalue weighted by Gasteiger charge is 2.15. The molecule has 0 aliphatic heterocycles. The van der Waals surface area contributed by atoms with Crippen LogP contribution in [0.15, 0.2) is 6.07 Å². The molecule has 0 atom stereocenters. The minimum atomic E-state index is 0.231. The summed E-state index contributed by atoms with van der Waals surface area (Å²) in [7, 11) is 0. The fraction of sp³-hybridized carbons (Fsp3) is 0.636. The van der Waals surface area contributed by atoms with Crippen LogP contribution in [0.2, 0.25) is 5.15 Å². The van der Waals surface area contributed by atoms with Gasteiger partial charge in [-0.05, 0) is 33.8 Å². The van der Waals surface area contributed by atoms with Crippen molar-refractivity contribution in [1.82, 2.24) is 14.9 Å². The zero-order valence-electron chi connectivity index (χ0n) is 10.2. The molecule has 0 unspecified atom stereocenters. The van der Waals surface area contributed by atoms with E-state index in [2.05, 4.69) is 42.6 Å². The summed E-state index contributed by atoms with van der Waals surface area (Å²) in [5.74, 6) is 0.231. The Morgan fingerprint density at radius 3 is 2.25 bits per heavy atom. The Labute approximate surface area is 102 Å². The molecule has 0 fully saturated rings. The summed E-state index contributed by atoms with van der Waals surface area (Å²) >= 11 is 5.84. The van der Waals surface area contributed by atoms with E-state index < -0.39 is 0 Å². The summed E-state index contributed by atoms with van der Waals surface area (Å²) in [6.45, 7) is 9.37. The molecule has 1 aromatic heterocycles. The molecule has 1 heterocycles. The first-order valence-corrected chi connectivity index (χ1v) is 5.82. The van der Waals surface area contributed by atoms with Gasteiger partial charge in [0.25, 0.3) is 0 Å². The van der Waals surface area contributed by atoms with E-state index in [1.165, 1.54) is 0 Å². The van der Waals surface area contributed by atoms with Gasteiger partial charge in [-0.1, -0.05) is 11.6 Å². The fourth-order valence-electron chi connectivity index (χ4n) is 1.71. The SMILES string of the molecule is CC(C)N(Cc1cc(Cl)nc(N)n1)C(C)C. The first kappa shape index (κ1) is 13.2. The minimum Gasteiger partial charge on any atom is -0.368 e. The first-order valence-electron chi connectivity index (χ1n) is 5.45. The largest absolute Gasteiger partial charge is 0.368 e. The lowest BCUT2D eigenvalue weighted by Gasteiger charge is -2.30. The molecule has 0 aliphatic carbocycles. The smallest absolute Gasteiger partial charge is 0.221 e. The molecule has 1 aromatic rings. The lowest BCUT2D eigenvalue weighted by molar-refractivity contribution is 0.164. The van der Waals surface area contributed by atoms with Crippen LogP contribution in [0.5, 0.6) is 0 Å². The standard InChI is InChI=1S/C11H19ClN4/c1-7(2)16(8(3)4)6-9-5-10(12)15-11(13)14-9/h5,7-8H,6H2,1-4H3,(H2,13,14,15). The van der Waals surface area contributed by atoms with Gasteiger partial charge in [0, 0.05) is 18.6 Å². The van der Waals surface area contributed by atoms with Gasteiger partial charge < -0.3 is 5.73 Å². The van der Waals surface area contributed by atoms with Crippen molar-refractivity contribution in [3.05, 3.63) is 16.9 Å². The molecule has 90 valence electrons. The normalized spacial score (nSPS) is 11.8. The monoisotopic (exact) mass is 242 g/mol. The topological polar surface area (TPSA) is 55.0 Å².